The van der Waals surface area contributed by atoms with E-state index in [1.807, 2.05) is 0 Å². The summed E-state index contributed by atoms with van der Waals surface area (Å²) in [6.45, 7) is 1.98. The van der Waals surface area contributed by atoms with E-state index >= 15 is 0 Å². The van der Waals surface area contributed by atoms with E-state index in [9.17, 15) is 27.9 Å². The molecular formula is C33H26F3N5O4S. The lowest BCUT2D eigenvalue weighted by atomic mass is 9.92. The van der Waals surface area contributed by atoms with Gasteiger partial charge in [0, 0.05) is 30.5 Å². The van der Waals surface area contributed by atoms with E-state index in [0.717, 1.165) is 29.0 Å². The zero-order valence-electron chi connectivity index (χ0n) is 24.4. The first kappa shape index (κ1) is 29.8. The molecule has 5 heterocycles. The number of hydrogen-bond donors (Lipinski definition) is 2. The molecule has 2 aromatic carbocycles. The number of nitrogens with zero attached hydrogens (tertiary/aromatic N) is 4. The Bertz CT molecular complexity index is 1990. The van der Waals surface area contributed by atoms with Crippen LogP contribution in [0.4, 0.5) is 13.2 Å². The Morgan fingerprint density at radius 3 is 2.52 bits per heavy atom. The van der Waals surface area contributed by atoms with Gasteiger partial charge < -0.3 is 19.7 Å². The number of aromatic nitrogens is 3. The number of carbonyl (C=O) groups is 2. The molecule has 0 saturated carbocycles. The summed E-state index contributed by atoms with van der Waals surface area (Å²) in [5, 5.41) is 21.9. The molecule has 46 heavy (non-hydrogen) atoms. The Kier molecular flexibility index (Phi) is 7.65. The Balaban J connectivity index is 1.32. The smallest absolute Gasteiger partial charge is 0.261 e. The van der Waals surface area contributed by atoms with Crippen molar-refractivity contribution in [1.29, 1.82) is 0 Å². The fourth-order valence-electron chi connectivity index (χ4n) is 6.04. The van der Waals surface area contributed by atoms with E-state index in [1.165, 1.54) is 18.2 Å². The third-order valence-corrected chi connectivity index (χ3v) is 9.34. The van der Waals surface area contributed by atoms with Gasteiger partial charge in [0.15, 0.2) is 11.6 Å². The van der Waals surface area contributed by atoms with Gasteiger partial charge in [-0.05, 0) is 66.8 Å². The maximum absolute atomic E-state index is 13.9. The van der Waals surface area contributed by atoms with Crippen LogP contribution in [0.1, 0.15) is 60.9 Å². The first-order valence-corrected chi connectivity index (χ1v) is 15.4. The number of aliphatic hydroxyl groups excluding tert-OH is 1. The molecule has 2 atom stereocenters. The van der Waals surface area contributed by atoms with E-state index in [2.05, 4.69) is 15.5 Å². The minimum atomic E-state index is -1.01. The maximum atomic E-state index is 13.9. The van der Waals surface area contributed by atoms with E-state index in [0.29, 0.717) is 75.1 Å². The molecule has 2 N–H and O–H groups in total. The summed E-state index contributed by atoms with van der Waals surface area (Å²) in [6.07, 6.45) is 0.475. The van der Waals surface area contributed by atoms with E-state index in [1.54, 1.807) is 36.1 Å². The second kappa shape index (κ2) is 11.8. The van der Waals surface area contributed by atoms with Gasteiger partial charge in [-0.1, -0.05) is 18.2 Å². The number of thiophene rings is 1. The van der Waals surface area contributed by atoms with Crippen LogP contribution in [0.5, 0.6) is 0 Å². The maximum Gasteiger partial charge on any atom is 0.261 e. The van der Waals surface area contributed by atoms with Gasteiger partial charge >= 0.3 is 0 Å². The molecule has 0 unspecified atom stereocenters. The average Bonchev–Trinajstić information content (AvgIpc) is 3.84. The molecule has 5 aromatic rings. The van der Waals surface area contributed by atoms with Crippen LogP contribution < -0.4 is 5.32 Å². The lowest BCUT2D eigenvalue weighted by Crippen LogP contribution is -2.25. The zero-order valence-corrected chi connectivity index (χ0v) is 25.2. The van der Waals surface area contributed by atoms with Crippen molar-refractivity contribution in [2.24, 2.45) is 0 Å². The van der Waals surface area contributed by atoms with Crippen LogP contribution in [0.2, 0.25) is 0 Å². The number of aryl methyl sites for hydroxylation is 3. The summed E-state index contributed by atoms with van der Waals surface area (Å²) in [6, 6.07) is 12.3. The highest BCUT2D eigenvalue weighted by Gasteiger charge is 2.49. The number of benzene rings is 2. The van der Waals surface area contributed by atoms with Crippen molar-refractivity contribution in [3.63, 3.8) is 0 Å². The molecule has 9 nitrogen and oxygen atoms in total. The minimum Gasteiger partial charge on any atom is -0.421 e. The standard InChI is InChI=1S/C33H26F3N5O4S/c1-16-39-40-32(45-16)26-22(9-5-17-2-6-19(34)7-3-17)38-29-28(33(44)41-13-12-23(42)30(29)41)27(26)24-10-11-25(46-24)31(43)37-15-18-4-8-20(35)21(36)14-18/h2-4,6-8,10-11,14,23,30,42H,5,9,12-13,15H2,1H3,(H,37,43)/t23-,30-/m0/s1. The monoisotopic (exact) mass is 645 g/mol. The molecular weight excluding hydrogens is 619 g/mol. The number of halogens is 3. The number of amides is 2. The Labute approximate surface area is 264 Å². The summed E-state index contributed by atoms with van der Waals surface area (Å²) >= 11 is 1.13. The summed E-state index contributed by atoms with van der Waals surface area (Å²) in [7, 11) is 0. The highest BCUT2D eigenvalue weighted by Crippen LogP contribution is 2.49. The largest absolute Gasteiger partial charge is 0.421 e. The van der Waals surface area contributed by atoms with Crippen LogP contribution in [0, 0.1) is 24.4 Å². The van der Waals surface area contributed by atoms with Crippen LogP contribution in [0.3, 0.4) is 0 Å². The summed E-state index contributed by atoms with van der Waals surface area (Å²) < 4.78 is 46.5. The molecule has 1 fully saturated rings. The molecule has 0 bridgehead atoms. The molecule has 2 aliphatic rings. The predicted molar refractivity (Wildman–Crippen MR) is 161 cm³/mol. The number of nitrogens with one attached hydrogen (secondary N) is 1. The fraction of sp³-hybridized carbons (Fsp3) is 0.242. The van der Waals surface area contributed by atoms with Crippen molar-refractivity contribution in [3.8, 4) is 21.9 Å². The third-order valence-electron chi connectivity index (χ3n) is 8.24. The average molecular weight is 646 g/mol. The molecule has 0 aliphatic carbocycles. The number of aliphatic hydroxyl groups is 1. The van der Waals surface area contributed by atoms with Crippen molar-refractivity contribution in [1.82, 2.24) is 25.4 Å². The fourth-order valence-corrected chi connectivity index (χ4v) is 7.02. The highest BCUT2D eigenvalue weighted by molar-refractivity contribution is 7.17. The third kappa shape index (κ3) is 5.35. The Morgan fingerprint density at radius 2 is 1.78 bits per heavy atom. The van der Waals surface area contributed by atoms with Gasteiger partial charge in [-0.3, -0.25) is 14.6 Å². The molecule has 2 amide bonds. The SMILES string of the molecule is Cc1nnc(-c2c(CCc3ccc(F)cc3)nc3c(c2-c2ccc(C(=O)NCc4ccc(F)c(F)c4)s2)C(=O)N2CC[C@H](O)[C@@H]32)o1. The van der Waals surface area contributed by atoms with Crippen molar-refractivity contribution >= 4 is 23.2 Å². The van der Waals surface area contributed by atoms with Gasteiger partial charge in [-0.15, -0.1) is 21.5 Å². The molecule has 1 saturated heterocycles. The summed E-state index contributed by atoms with van der Waals surface area (Å²) in [5.74, 6) is -2.62. The molecule has 0 radical (unpaired) electrons. The normalized spacial score (nSPS) is 17.0. The van der Waals surface area contributed by atoms with Crippen molar-refractivity contribution < 1.29 is 32.3 Å². The topological polar surface area (TPSA) is 121 Å². The number of hydrogen-bond acceptors (Lipinski definition) is 8. The zero-order chi connectivity index (χ0) is 32.1. The van der Waals surface area contributed by atoms with Gasteiger partial charge in [0.1, 0.15) is 11.9 Å². The van der Waals surface area contributed by atoms with Crippen molar-refractivity contribution in [3.05, 3.63) is 111 Å². The van der Waals surface area contributed by atoms with Crippen LogP contribution in [-0.2, 0) is 19.4 Å². The number of carbonyl (C=O) groups excluding carboxylic acids is 2. The van der Waals surface area contributed by atoms with E-state index in [-0.39, 0.29) is 24.2 Å². The van der Waals surface area contributed by atoms with E-state index in [4.69, 9.17) is 9.40 Å². The van der Waals surface area contributed by atoms with Gasteiger partial charge in [-0.2, -0.15) is 0 Å². The molecule has 7 rings (SSSR count). The highest BCUT2D eigenvalue weighted by atomic mass is 32.1. The molecule has 234 valence electrons. The second-order valence-electron chi connectivity index (χ2n) is 11.2. The summed E-state index contributed by atoms with van der Waals surface area (Å²) in [5.41, 5.74) is 3.47. The first-order chi connectivity index (χ1) is 22.2. The number of rotatable bonds is 8. The van der Waals surface area contributed by atoms with Gasteiger partial charge in [0.25, 0.3) is 11.8 Å². The lowest BCUT2D eigenvalue weighted by molar-refractivity contribution is 0.0699. The van der Waals surface area contributed by atoms with Crippen LogP contribution in [0.15, 0.2) is 59.0 Å². The van der Waals surface area contributed by atoms with Crippen molar-refractivity contribution in [2.45, 2.75) is 44.9 Å². The molecule has 3 aromatic heterocycles. The van der Waals surface area contributed by atoms with Crippen molar-refractivity contribution in [2.75, 3.05) is 6.54 Å². The molecule has 0 spiro atoms. The van der Waals surface area contributed by atoms with Crippen LogP contribution in [0.25, 0.3) is 21.9 Å². The van der Waals surface area contributed by atoms with E-state index < -0.39 is 29.7 Å². The quantitative estimate of drug-likeness (QED) is 0.227. The predicted octanol–water partition coefficient (Wildman–Crippen LogP) is 5.56. The lowest BCUT2D eigenvalue weighted by Gasteiger charge is -2.18. The Hall–Kier alpha value is -4.88. The number of pyridine rings is 1. The molecule has 2 aliphatic heterocycles. The van der Waals surface area contributed by atoms with Gasteiger partial charge in [-0.25, -0.2) is 13.2 Å². The second-order valence-corrected chi connectivity index (χ2v) is 12.3. The van der Waals surface area contributed by atoms with Gasteiger partial charge in [0.05, 0.1) is 33.5 Å². The number of fused-ring (bicyclic) bond motifs is 3. The van der Waals surface area contributed by atoms with Crippen LogP contribution >= 0.6 is 11.3 Å². The molecule has 13 heteroatoms. The Morgan fingerprint density at radius 1 is 1.00 bits per heavy atom. The minimum absolute atomic E-state index is 0.0268. The first-order valence-electron chi connectivity index (χ1n) is 14.6. The summed E-state index contributed by atoms with van der Waals surface area (Å²) in [4.78, 5) is 34.5. The van der Waals surface area contributed by atoms with Crippen LogP contribution in [-0.4, -0.2) is 49.7 Å². The van der Waals surface area contributed by atoms with Gasteiger partial charge in [0.2, 0.25) is 11.8 Å².